The minimum absolute atomic E-state index is 0.0279. The summed E-state index contributed by atoms with van der Waals surface area (Å²) in [7, 11) is 0. The highest BCUT2D eigenvalue weighted by Crippen LogP contribution is 2.49. The van der Waals surface area contributed by atoms with Crippen LogP contribution < -0.4 is 0 Å². The number of benzene rings is 1. The Morgan fingerprint density at radius 1 is 0.893 bits per heavy atom. The molecule has 150 valence electrons. The zero-order valence-corrected chi connectivity index (χ0v) is 16.4. The number of carbonyl (C=O) groups excluding carboxylic acids is 3. The van der Waals surface area contributed by atoms with E-state index in [2.05, 4.69) is 12.1 Å². The maximum absolute atomic E-state index is 13.2. The highest BCUT2D eigenvalue weighted by Gasteiger charge is 2.59. The summed E-state index contributed by atoms with van der Waals surface area (Å²) in [6, 6.07) is 8.19. The van der Waals surface area contributed by atoms with E-state index in [1.54, 1.807) is 16.7 Å². The lowest BCUT2D eigenvalue weighted by Crippen LogP contribution is -2.55. The highest BCUT2D eigenvalue weighted by molar-refractivity contribution is 6.08. The van der Waals surface area contributed by atoms with E-state index >= 15 is 0 Å². The lowest BCUT2D eigenvalue weighted by molar-refractivity contribution is -0.151. The molecular weight excluding hydrogens is 358 g/mol. The average Bonchev–Trinajstić information content (AvgIpc) is 3.54. The Kier molecular flexibility index (Phi) is 5.00. The molecule has 0 bridgehead atoms. The molecule has 2 heterocycles. The largest absolute Gasteiger partial charge is 0.450 e. The Morgan fingerprint density at radius 3 is 2.14 bits per heavy atom. The summed E-state index contributed by atoms with van der Waals surface area (Å²) in [6.07, 6.45) is 1.76. The van der Waals surface area contributed by atoms with Crippen LogP contribution in [0, 0.1) is 5.41 Å². The fourth-order valence-corrected chi connectivity index (χ4v) is 4.23. The second-order valence-corrected chi connectivity index (χ2v) is 7.81. The van der Waals surface area contributed by atoms with Gasteiger partial charge in [0.15, 0.2) is 0 Å². The molecule has 1 aliphatic carbocycles. The van der Waals surface area contributed by atoms with Gasteiger partial charge < -0.3 is 19.4 Å². The van der Waals surface area contributed by atoms with Crippen LogP contribution in [0.2, 0.25) is 0 Å². The minimum atomic E-state index is -0.877. The summed E-state index contributed by atoms with van der Waals surface area (Å²) in [4.78, 5) is 43.4. The SMILES string of the molecule is CCOC(=O)N1CCN(C(=O)C2(C(=O)N3CCc4ccccc4C3)CC2)CC1. The van der Waals surface area contributed by atoms with Crippen molar-refractivity contribution in [2.24, 2.45) is 5.41 Å². The van der Waals surface area contributed by atoms with Gasteiger partial charge in [0.2, 0.25) is 11.8 Å². The molecule has 3 amide bonds. The van der Waals surface area contributed by atoms with Crippen LogP contribution in [-0.2, 0) is 27.3 Å². The van der Waals surface area contributed by atoms with Crippen molar-refractivity contribution in [2.45, 2.75) is 32.7 Å². The van der Waals surface area contributed by atoms with Gasteiger partial charge in [-0.2, -0.15) is 0 Å². The van der Waals surface area contributed by atoms with E-state index < -0.39 is 5.41 Å². The molecule has 0 N–H and O–H groups in total. The average molecular weight is 385 g/mol. The van der Waals surface area contributed by atoms with E-state index in [0.717, 1.165) is 6.42 Å². The molecule has 1 saturated heterocycles. The number of hydrogen-bond donors (Lipinski definition) is 0. The molecule has 2 fully saturated rings. The van der Waals surface area contributed by atoms with Crippen molar-refractivity contribution in [2.75, 3.05) is 39.3 Å². The van der Waals surface area contributed by atoms with Gasteiger partial charge in [-0.1, -0.05) is 24.3 Å². The van der Waals surface area contributed by atoms with Crippen LogP contribution in [0.25, 0.3) is 0 Å². The van der Waals surface area contributed by atoms with Crippen molar-refractivity contribution in [3.05, 3.63) is 35.4 Å². The highest BCUT2D eigenvalue weighted by atomic mass is 16.6. The van der Waals surface area contributed by atoms with Crippen LogP contribution in [0.15, 0.2) is 24.3 Å². The van der Waals surface area contributed by atoms with Crippen molar-refractivity contribution >= 4 is 17.9 Å². The summed E-state index contributed by atoms with van der Waals surface area (Å²) in [6.45, 7) is 5.18. The van der Waals surface area contributed by atoms with E-state index in [9.17, 15) is 14.4 Å². The second kappa shape index (κ2) is 7.45. The molecule has 3 aliphatic rings. The molecule has 4 rings (SSSR count). The second-order valence-electron chi connectivity index (χ2n) is 7.81. The molecule has 2 aliphatic heterocycles. The predicted molar refractivity (Wildman–Crippen MR) is 102 cm³/mol. The third-order valence-corrected chi connectivity index (χ3v) is 6.08. The Labute approximate surface area is 165 Å². The molecule has 1 aromatic carbocycles. The Hall–Kier alpha value is -2.57. The van der Waals surface area contributed by atoms with Gasteiger partial charge in [-0.25, -0.2) is 4.79 Å². The fourth-order valence-electron chi connectivity index (χ4n) is 4.23. The summed E-state index contributed by atoms with van der Waals surface area (Å²) >= 11 is 0. The maximum Gasteiger partial charge on any atom is 0.409 e. The third-order valence-electron chi connectivity index (χ3n) is 6.08. The molecule has 0 unspecified atom stereocenters. The molecular formula is C21H27N3O4. The number of amides is 3. The van der Waals surface area contributed by atoms with E-state index in [-0.39, 0.29) is 17.9 Å². The third kappa shape index (κ3) is 3.34. The van der Waals surface area contributed by atoms with Crippen molar-refractivity contribution < 1.29 is 19.1 Å². The monoisotopic (exact) mass is 385 g/mol. The first-order chi connectivity index (χ1) is 13.5. The Morgan fingerprint density at radius 2 is 1.50 bits per heavy atom. The number of rotatable bonds is 3. The number of nitrogens with zero attached hydrogens (tertiary/aromatic N) is 3. The van der Waals surface area contributed by atoms with Gasteiger partial charge in [0, 0.05) is 39.3 Å². The predicted octanol–water partition coefficient (Wildman–Crippen LogP) is 1.65. The summed E-state index contributed by atoms with van der Waals surface area (Å²) < 4.78 is 5.03. The molecule has 0 aromatic heterocycles. The van der Waals surface area contributed by atoms with Crippen LogP contribution >= 0.6 is 0 Å². The van der Waals surface area contributed by atoms with E-state index in [0.29, 0.717) is 58.7 Å². The number of hydrogen-bond acceptors (Lipinski definition) is 4. The molecule has 7 heteroatoms. The molecule has 0 spiro atoms. The Balaban J connectivity index is 1.38. The molecule has 28 heavy (non-hydrogen) atoms. The quantitative estimate of drug-likeness (QED) is 0.742. The molecule has 1 saturated carbocycles. The molecule has 1 aromatic rings. The number of carbonyl (C=O) groups is 3. The van der Waals surface area contributed by atoms with Gasteiger partial charge in [-0.3, -0.25) is 9.59 Å². The lowest BCUT2D eigenvalue weighted by Gasteiger charge is -2.37. The summed E-state index contributed by atoms with van der Waals surface area (Å²) in [5, 5.41) is 0. The smallest absolute Gasteiger partial charge is 0.409 e. The molecule has 7 nitrogen and oxygen atoms in total. The zero-order chi connectivity index (χ0) is 19.7. The summed E-state index contributed by atoms with van der Waals surface area (Å²) in [5.74, 6) is -0.0975. The number of ether oxygens (including phenoxy) is 1. The van der Waals surface area contributed by atoms with Crippen molar-refractivity contribution in [3.8, 4) is 0 Å². The van der Waals surface area contributed by atoms with Gasteiger partial charge >= 0.3 is 6.09 Å². The van der Waals surface area contributed by atoms with Crippen LogP contribution in [0.4, 0.5) is 4.79 Å². The van der Waals surface area contributed by atoms with Gasteiger partial charge in [0.05, 0.1) is 6.61 Å². The standard InChI is InChI=1S/C21H27N3O4/c1-2-28-20(27)23-13-11-22(12-14-23)18(25)21(8-9-21)19(26)24-10-7-16-5-3-4-6-17(16)15-24/h3-6H,2,7-15H2,1H3. The van der Waals surface area contributed by atoms with E-state index in [4.69, 9.17) is 4.74 Å². The van der Waals surface area contributed by atoms with Crippen molar-refractivity contribution in [1.29, 1.82) is 0 Å². The van der Waals surface area contributed by atoms with Gasteiger partial charge in [0.1, 0.15) is 5.41 Å². The van der Waals surface area contributed by atoms with Crippen molar-refractivity contribution in [1.82, 2.24) is 14.7 Å². The fraction of sp³-hybridized carbons (Fsp3) is 0.571. The first-order valence-corrected chi connectivity index (χ1v) is 10.1. The van der Waals surface area contributed by atoms with Gasteiger partial charge in [-0.15, -0.1) is 0 Å². The van der Waals surface area contributed by atoms with Crippen LogP contribution in [0.1, 0.15) is 30.9 Å². The van der Waals surface area contributed by atoms with Gasteiger partial charge in [0.25, 0.3) is 0 Å². The maximum atomic E-state index is 13.2. The van der Waals surface area contributed by atoms with Crippen LogP contribution in [-0.4, -0.2) is 71.9 Å². The lowest BCUT2D eigenvalue weighted by atomic mass is 9.96. The van der Waals surface area contributed by atoms with Gasteiger partial charge in [-0.05, 0) is 37.3 Å². The topological polar surface area (TPSA) is 70.2 Å². The van der Waals surface area contributed by atoms with E-state index in [1.165, 1.54) is 11.1 Å². The normalized spacial score (nSPS) is 20.4. The molecule has 0 radical (unpaired) electrons. The van der Waals surface area contributed by atoms with Crippen molar-refractivity contribution in [3.63, 3.8) is 0 Å². The number of fused-ring (bicyclic) bond motifs is 1. The summed E-state index contributed by atoms with van der Waals surface area (Å²) in [5.41, 5.74) is 1.59. The number of piperazine rings is 1. The van der Waals surface area contributed by atoms with Crippen LogP contribution in [0.5, 0.6) is 0 Å². The minimum Gasteiger partial charge on any atom is -0.450 e. The molecule has 0 atom stereocenters. The zero-order valence-electron chi connectivity index (χ0n) is 16.4. The van der Waals surface area contributed by atoms with E-state index in [1.807, 2.05) is 17.0 Å². The van der Waals surface area contributed by atoms with Crippen LogP contribution in [0.3, 0.4) is 0 Å². The first kappa shape index (κ1) is 18.8. The first-order valence-electron chi connectivity index (χ1n) is 10.1. The Bertz CT molecular complexity index is 782.